The molecule has 0 aliphatic heterocycles. The van der Waals surface area contributed by atoms with E-state index in [4.69, 9.17) is 15.6 Å². The van der Waals surface area contributed by atoms with Gasteiger partial charge in [0.2, 0.25) is 0 Å². The van der Waals surface area contributed by atoms with Crippen molar-refractivity contribution in [2.45, 2.75) is 52.2 Å². The molecule has 0 radical (unpaired) electrons. The second kappa shape index (κ2) is 6.08. The molecule has 0 bridgehead atoms. The molecule has 0 rings (SSSR count). The smallest absolute Gasteiger partial charge is 0.323 e. The highest BCUT2D eigenvalue weighted by atomic mass is 16.5. The molecule has 0 aliphatic carbocycles. The van der Waals surface area contributed by atoms with Crippen molar-refractivity contribution in [3.63, 3.8) is 0 Å². The Morgan fingerprint density at radius 2 is 2.00 bits per heavy atom. The summed E-state index contributed by atoms with van der Waals surface area (Å²) in [7, 11) is 0. The van der Waals surface area contributed by atoms with Crippen LogP contribution in [0.4, 0.5) is 0 Å². The van der Waals surface area contributed by atoms with Gasteiger partial charge in [0.15, 0.2) is 0 Å². The molecule has 0 aliphatic rings. The van der Waals surface area contributed by atoms with E-state index in [1.807, 2.05) is 6.92 Å². The number of carboxylic acids is 1. The molecule has 0 spiro atoms. The second-order valence-electron chi connectivity index (χ2n) is 4.79. The van der Waals surface area contributed by atoms with E-state index >= 15 is 0 Å². The third kappa shape index (κ3) is 6.47. The Labute approximate surface area is 91.8 Å². The summed E-state index contributed by atoms with van der Waals surface area (Å²) < 4.78 is 5.50. The lowest BCUT2D eigenvalue weighted by atomic mass is 9.96. The molecule has 0 aromatic carbocycles. The lowest BCUT2D eigenvalue weighted by Crippen LogP contribution is -2.47. The van der Waals surface area contributed by atoms with E-state index in [2.05, 4.69) is 13.8 Å². The maximum absolute atomic E-state index is 10.8. The van der Waals surface area contributed by atoms with Crippen LogP contribution in [0.15, 0.2) is 0 Å². The van der Waals surface area contributed by atoms with Crippen molar-refractivity contribution in [2.24, 2.45) is 11.7 Å². The van der Waals surface area contributed by atoms with E-state index in [-0.39, 0.29) is 6.10 Å². The zero-order chi connectivity index (χ0) is 12.1. The monoisotopic (exact) mass is 217 g/mol. The van der Waals surface area contributed by atoms with E-state index in [0.717, 1.165) is 6.42 Å². The summed E-state index contributed by atoms with van der Waals surface area (Å²) in [5.74, 6) is -0.386. The minimum atomic E-state index is -1.20. The van der Waals surface area contributed by atoms with E-state index in [9.17, 15) is 4.79 Å². The first-order chi connectivity index (χ1) is 6.75. The molecule has 15 heavy (non-hydrogen) atoms. The SMILES string of the molecule is CC(C)CCOC(C)CC(C)(N)C(=O)O. The highest BCUT2D eigenvalue weighted by Crippen LogP contribution is 2.12. The van der Waals surface area contributed by atoms with Gasteiger partial charge in [0.25, 0.3) is 0 Å². The minimum Gasteiger partial charge on any atom is -0.480 e. The van der Waals surface area contributed by atoms with E-state index in [0.29, 0.717) is 18.9 Å². The van der Waals surface area contributed by atoms with Crippen LogP contribution in [0.5, 0.6) is 0 Å². The van der Waals surface area contributed by atoms with Crippen molar-refractivity contribution in [2.75, 3.05) is 6.61 Å². The Morgan fingerprint density at radius 3 is 2.40 bits per heavy atom. The molecular formula is C11H23NO3. The topological polar surface area (TPSA) is 72.5 Å². The number of carboxylic acid groups (broad SMARTS) is 1. The Hall–Kier alpha value is -0.610. The van der Waals surface area contributed by atoms with Crippen LogP contribution in [0.3, 0.4) is 0 Å². The van der Waals surface area contributed by atoms with Crippen molar-refractivity contribution in [3.05, 3.63) is 0 Å². The predicted octanol–water partition coefficient (Wildman–Crippen LogP) is 1.63. The second-order valence-corrected chi connectivity index (χ2v) is 4.79. The van der Waals surface area contributed by atoms with Gasteiger partial charge in [-0.15, -0.1) is 0 Å². The van der Waals surface area contributed by atoms with E-state index in [1.165, 1.54) is 6.92 Å². The van der Waals surface area contributed by atoms with Crippen molar-refractivity contribution in [3.8, 4) is 0 Å². The highest BCUT2D eigenvalue weighted by Gasteiger charge is 2.30. The average Bonchev–Trinajstić information content (AvgIpc) is 2.01. The number of carbonyl (C=O) groups is 1. The molecule has 0 heterocycles. The summed E-state index contributed by atoms with van der Waals surface area (Å²) in [5, 5.41) is 8.82. The molecule has 0 amide bonds. The summed E-state index contributed by atoms with van der Waals surface area (Å²) in [5.41, 5.74) is 4.42. The molecule has 0 saturated carbocycles. The van der Waals surface area contributed by atoms with Crippen LogP contribution in [0.25, 0.3) is 0 Å². The van der Waals surface area contributed by atoms with Gasteiger partial charge in [-0.1, -0.05) is 13.8 Å². The van der Waals surface area contributed by atoms with Crippen molar-refractivity contribution < 1.29 is 14.6 Å². The summed E-state index contributed by atoms with van der Waals surface area (Å²) >= 11 is 0. The van der Waals surface area contributed by atoms with Crippen LogP contribution in [-0.4, -0.2) is 29.3 Å². The fourth-order valence-corrected chi connectivity index (χ4v) is 1.25. The molecule has 90 valence electrons. The zero-order valence-electron chi connectivity index (χ0n) is 10.1. The zero-order valence-corrected chi connectivity index (χ0v) is 10.1. The minimum absolute atomic E-state index is 0.116. The fourth-order valence-electron chi connectivity index (χ4n) is 1.25. The van der Waals surface area contributed by atoms with E-state index < -0.39 is 11.5 Å². The maximum Gasteiger partial charge on any atom is 0.323 e. The fraction of sp³-hybridized carbons (Fsp3) is 0.909. The normalized spacial score (nSPS) is 17.5. The number of hydrogen-bond donors (Lipinski definition) is 2. The Kier molecular flexibility index (Phi) is 5.83. The lowest BCUT2D eigenvalue weighted by molar-refractivity contribution is -0.144. The van der Waals surface area contributed by atoms with Gasteiger partial charge in [0.05, 0.1) is 6.10 Å². The van der Waals surface area contributed by atoms with Gasteiger partial charge in [-0.05, 0) is 26.2 Å². The van der Waals surface area contributed by atoms with Crippen molar-refractivity contribution in [1.82, 2.24) is 0 Å². The number of hydrogen-bond acceptors (Lipinski definition) is 3. The highest BCUT2D eigenvalue weighted by molar-refractivity contribution is 5.77. The molecule has 2 unspecified atom stereocenters. The van der Waals surface area contributed by atoms with Gasteiger partial charge >= 0.3 is 5.97 Å². The Bertz CT molecular complexity index is 202. The van der Waals surface area contributed by atoms with Gasteiger partial charge in [-0.3, -0.25) is 4.79 Å². The van der Waals surface area contributed by atoms with Gasteiger partial charge < -0.3 is 15.6 Å². The third-order valence-electron chi connectivity index (χ3n) is 2.30. The molecule has 0 aromatic heterocycles. The number of nitrogens with two attached hydrogens (primary N) is 1. The summed E-state index contributed by atoms with van der Waals surface area (Å²) in [6, 6.07) is 0. The summed E-state index contributed by atoms with van der Waals surface area (Å²) in [6.45, 7) is 8.27. The number of ether oxygens (including phenoxy) is 1. The van der Waals surface area contributed by atoms with Crippen LogP contribution >= 0.6 is 0 Å². The molecular weight excluding hydrogens is 194 g/mol. The van der Waals surface area contributed by atoms with Crippen LogP contribution < -0.4 is 5.73 Å². The molecule has 4 nitrogen and oxygen atoms in total. The number of aliphatic carboxylic acids is 1. The molecule has 0 saturated heterocycles. The van der Waals surface area contributed by atoms with Crippen molar-refractivity contribution in [1.29, 1.82) is 0 Å². The predicted molar refractivity (Wildman–Crippen MR) is 59.7 cm³/mol. The maximum atomic E-state index is 10.8. The quantitative estimate of drug-likeness (QED) is 0.680. The molecule has 3 N–H and O–H groups in total. The first kappa shape index (κ1) is 14.4. The van der Waals surface area contributed by atoms with Gasteiger partial charge in [0.1, 0.15) is 5.54 Å². The lowest BCUT2D eigenvalue weighted by Gasteiger charge is -2.23. The molecule has 0 aromatic rings. The third-order valence-corrected chi connectivity index (χ3v) is 2.30. The van der Waals surface area contributed by atoms with Crippen LogP contribution in [0, 0.1) is 5.92 Å². The van der Waals surface area contributed by atoms with Crippen LogP contribution in [0.1, 0.15) is 40.5 Å². The summed E-state index contributed by atoms with van der Waals surface area (Å²) in [6.07, 6.45) is 1.20. The van der Waals surface area contributed by atoms with Crippen LogP contribution in [-0.2, 0) is 9.53 Å². The van der Waals surface area contributed by atoms with Crippen LogP contribution in [0.2, 0.25) is 0 Å². The van der Waals surface area contributed by atoms with Crippen molar-refractivity contribution >= 4 is 5.97 Å². The first-order valence-electron chi connectivity index (χ1n) is 5.39. The molecule has 2 atom stereocenters. The van der Waals surface area contributed by atoms with Gasteiger partial charge in [0, 0.05) is 13.0 Å². The average molecular weight is 217 g/mol. The first-order valence-corrected chi connectivity index (χ1v) is 5.39. The van der Waals surface area contributed by atoms with Gasteiger partial charge in [-0.2, -0.15) is 0 Å². The van der Waals surface area contributed by atoms with Gasteiger partial charge in [-0.25, -0.2) is 0 Å². The number of rotatable bonds is 7. The largest absolute Gasteiger partial charge is 0.480 e. The summed E-state index contributed by atoms with van der Waals surface area (Å²) in [4.78, 5) is 10.8. The van der Waals surface area contributed by atoms with E-state index in [1.54, 1.807) is 0 Å². The standard InChI is InChI=1S/C11H23NO3/c1-8(2)5-6-15-9(3)7-11(4,12)10(13)14/h8-9H,5-7,12H2,1-4H3,(H,13,14). The Morgan fingerprint density at radius 1 is 1.47 bits per heavy atom. The molecule has 4 heteroatoms. The molecule has 0 fully saturated rings. The Balaban J connectivity index is 3.83.